The van der Waals surface area contributed by atoms with Gasteiger partial charge in [-0.15, -0.1) is 0 Å². The van der Waals surface area contributed by atoms with Gasteiger partial charge in [0.05, 0.1) is 0 Å². The number of carbonyl (C=O) groups excluding carboxylic acids is 1. The fourth-order valence-electron chi connectivity index (χ4n) is 3.58. The van der Waals surface area contributed by atoms with Crippen LogP contribution < -0.4 is 5.73 Å². The third-order valence-electron chi connectivity index (χ3n) is 4.53. The highest BCUT2D eigenvalue weighted by Gasteiger charge is 2.33. The van der Waals surface area contributed by atoms with E-state index in [-0.39, 0.29) is 6.09 Å². The zero-order valence-corrected chi connectivity index (χ0v) is 13.2. The van der Waals surface area contributed by atoms with Crippen LogP contribution in [-0.2, 0) is 4.74 Å². The number of piperidine rings is 1. The van der Waals surface area contributed by atoms with Gasteiger partial charge in [0.15, 0.2) is 0 Å². The summed E-state index contributed by atoms with van der Waals surface area (Å²) in [6, 6.07) is 0.366. The first-order valence-corrected chi connectivity index (χ1v) is 8.08. The van der Waals surface area contributed by atoms with Gasteiger partial charge in [-0.25, -0.2) is 4.79 Å². The van der Waals surface area contributed by atoms with E-state index in [9.17, 15) is 4.79 Å². The van der Waals surface area contributed by atoms with Gasteiger partial charge in [-0.2, -0.15) is 0 Å². The number of nitrogens with two attached hydrogens (primary N) is 1. The van der Waals surface area contributed by atoms with Crippen molar-refractivity contribution in [3.8, 4) is 0 Å². The molecule has 1 aliphatic heterocycles. The molecule has 2 fully saturated rings. The number of carbonyl (C=O) groups is 1. The van der Waals surface area contributed by atoms with Crippen LogP contribution in [0.4, 0.5) is 4.79 Å². The van der Waals surface area contributed by atoms with Gasteiger partial charge in [-0.1, -0.05) is 12.8 Å². The average molecular weight is 282 g/mol. The Morgan fingerprint density at radius 2 is 1.85 bits per heavy atom. The molecule has 3 atom stereocenters. The molecule has 1 aliphatic carbocycles. The molecule has 2 aliphatic rings. The lowest BCUT2D eigenvalue weighted by atomic mass is 9.75. The lowest BCUT2D eigenvalue weighted by molar-refractivity contribution is 0.0111. The van der Waals surface area contributed by atoms with Gasteiger partial charge in [-0.3, -0.25) is 0 Å². The van der Waals surface area contributed by atoms with Crippen molar-refractivity contribution in [2.24, 2.45) is 17.6 Å². The fourth-order valence-corrected chi connectivity index (χ4v) is 3.58. The first kappa shape index (κ1) is 15.6. The Hall–Kier alpha value is -0.770. The average Bonchev–Trinajstić information content (AvgIpc) is 2.37. The molecule has 20 heavy (non-hydrogen) atoms. The van der Waals surface area contributed by atoms with E-state index in [1.54, 1.807) is 0 Å². The minimum Gasteiger partial charge on any atom is -0.444 e. The molecule has 1 saturated heterocycles. The maximum atomic E-state index is 12.2. The molecule has 1 heterocycles. The Labute approximate surface area is 123 Å². The Balaban J connectivity index is 1.89. The van der Waals surface area contributed by atoms with Crippen LogP contribution in [0.15, 0.2) is 0 Å². The predicted octanol–water partition coefficient (Wildman–Crippen LogP) is 3.15. The second kappa shape index (κ2) is 6.33. The fraction of sp³-hybridized carbons (Fsp3) is 0.938. The summed E-state index contributed by atoms with van der Waals surface area (Å²) >= 11 is 0. The van der Waals surface area contributed by atoms with Crippen LogP contribution >= 0.6 is 0 Å². The van der Waals surface area contributed by atoms with E-state index in [4.69, 9.17) is 10.5 Å². The number of rotatable bonds is 1. The molecule has 1 amide bonds. The molecule has 0 aromatic carbocycles. The molecule has 4 heteroatoms. The van der Waals surface area contributed by atoms with Crippen LogP contribution in [0.5, 0.6) is 0 Å². The van der Waals surface area contributed by atoms with Crippen LogP contribution in [0, 0.1) is 11.8 Å². The molecule has 0 radical (unpaired) electrons. The standard InChI is InChI=1S/C16H30N2O2/c1-16(2,3)20-15(19)18-9-5-7-13(11-18)12-6-4-8-14(17)10-12/h12-14H,4-11,17H2,1-3H3/t12-,13+,14+/m1/s1. The summed E-state index contributed by atoms with van der Waals surface area (Å²) < 4.78 is 5.50. The van der Waals surface area contributed by atoms with Gasteiger partial charge >= 0.3 is 6.09 Å². The van der Waals surface area contributed by atoms with E-state index in [0.29, 0.717) is 17.9 Å². The van der Waals surface area contributed by atoms with Crippen LogP contribution in [0.1, 0.15) is 59.3 Å². The molecule has 0 bridgehead atoms. The molecule has 0 aromatic heterocycles. The summed E-state index contributed by atoms with van der Waals surface area (Å²) in [4.78, 5) is 14.1. The van der Waals surface area contributed by atoms with Gasteiger partial charge in [0.1, 0.15) is 5.60 Å². The zero-order chi connectivity index (χ0) is 14.8. The Morgan fingerprint density at radius 1 is 1.15 bits per heavy atom. The third kappa shape index (κ3) is 4.37. The summed E-state index contributed by atoms with van der Waals surface area (Å²) in [7, 11) is 0. The van der Waals surface area contributed by atoms with Crippen LogP contribution in [-0.4, -0.2) is 35.7 Å². The van der Waals surface area contributed by atoms with Gasteiger partial charge in [0.2, 0.25) is 0 Å². The highest BCUT2D eigenvalue weighted by atomic mass is 16.6. The third-order valence-corrected chi connectivity index (χ3v) is 4.53. The predicted molar refractivity (Wildman–Crippen MR) is 80.5 cm³/mol. The first-order chi connectivity index (χ1) is 9.35. The second-order valence-corrected chi connectivity index (χ2v) is 7.52. The largest absolute Gasteiger partial charge is 0.444 e. The van der Waals surface area contributed by atoms with Crippen LogP contribution in [0.25, 0.3) is 0 Å². The van der Waals surface area contributed by atoms with Gasteiger partial charge < -0.3 is 15.4 Å². The van der Waals surface area contributed by atoms with Gasteiger partial charge in [-0.05, 0) is 58.3 Å². The SMILES string of the molecule is CC(C)(C)OC(=O)N1CCC[C@H]([C@@H]2CCC[C@H](N)C2)C1. The quantitative estimate of drug-likeness (QED) is 0.803. The van der Waals surface area contributed by atoms with E-state index in [1.807, 2.05) is 25.7 Å². The van der Waals surface area contributed by atoms with Crippen LogP contribution in [0.2, 0.25) is 0 Å². The van der Waals surface area contributed by atoms with Crippen molar-refractivity contribution in [2.45, 2.75) is 70.9 Å². The number of nitrogens with zero attached hydrogens (tertiary/aromatic N) is 1. The van der Waals surface area contributed by atoms with Crippen molar-refractivity contribution in [1.82, 2.24) is 4.90 Å². The molecular formula is C16H30N2O2. The molecule has 2 N–H and O–H groups in total. The number of hydrogen-bond donors (Lipinski definition) is 1. The van der Waals surface area contributed by atoms with Crippen molar-refractivity contribution in [3.63, 3.8) is 0 Å². The Bertz CT molecular complexity index is 338. The second-order valence-electron chi connectivity index (χ2n) is 7.52. The normalized spacial score (nSPS) is 32.0. The smallest absolute Gasteiger partial charge is 0.410 e. The maximum Gasteiger partial charge on any atom is 0.410 e. The van der Waals surface area contributed by atoms with Crippen molar-refractivity contribution in [2.75, 3.05) is 13.1 Å². The number of likely N-dealkylation sites (tertiary alicyclic amines) is 1. The lowest BCUT2D eigenvalue weighted by Gasteiger charge is -2.40. The monoisotopic (exact) mass is 282 g/mol. The van der Waals surface area contributed by atoms with Gasteiger partial charge in [0.25, 0.3) is 0 Å². The molecular weight excluding hydrogens is 252 g/mol. The van der Waals surface area contributed by atoms with Crippen molar-refractivity contribution in [3.05, 3.63) is 0 Å². The Morgan fingerprint density at radius 3 is 2.50 bits per heavy atom. The van der Waals surface area contributed by atoms with E-state index >= 15 is 0 Å². The van der Waals surface area contributed by atoms with E-state index in [1.165, 1.54) is 25.7 Å². The topological polar surface area (TPSA) is 55.6 Å². The number of hydrogen-bond acceptors (Lipinski definition) is 3. The van der Waals surface area contributed by atoms with E-state index in [2.05, 4.69) is 0 Å². The molecule has 0 aromatic rings. The number of ether oxygens (including phenoxy) is 1. The summed E-state index contributed by atoms with van der Waals surface area (Å²) in [6.07, 6.45) is 7.00. The zero-order valence-electron chi connectivity index (χ0n) is 13.2. The molecule has 1 saturated carbocycles. The lowest BCUT2D eigenvalue weighted by Crippen LogP contribution is -2.45. The van der Waals surface area contributed by atoms with E-state index < -0.39 is 5.60 Å². The minimum absolute atomic E-state index is 0.151. The summed E-state index contributed by atoms with van der Waals surface area (Å²) in [6.45, 7) is 7.46. The molecule has 0 spiro atoms. The summed E-state index contributed by atoms with van der Waals surface area (Å²) in [5.41, 5.74) is 5.70. The Kier molecular flexibility index (Phi) is 4.95. The van der Waals surface area contributed by atoms with Crippen molar-refractivity contribution >= 4 is 6.09 Å². The van der Waals surface area contributed by atoms with E-state index in [0.717, 1.165) is 25.9 Å². The summed E-state index contributed by atoms with van der Waals surface area (Å²) in [5, 5.41) is 0. The molecule has 4 nitrogen and oxygen atoms in total. The first-order valence-electron chi connectivity index (χ1n) is 8.08. The molecule has 0 unspecified atom stereocenters. The minimum atomic E-state index is -0.406. The highest BCUT2D eigenvalue weighted by molar-refractivity contribution is 5.68. The highest BCUT2D eigenvalue weighted by Crippen LogP contribution is 2.34. The van der Waals surface area contributed by atoms with Crippen LogP contribution in [0.3, 0.4) is 0 Å². The summed E-state index contributed by atoms with van der Waals surface area (Å²) in [5.74, 6) is 1.31. The molecule has 116 valence electrons. The maximum absolute atomic E-state index is 12.2. The molecule has 2 rings (SSSR count). The number of amides is 1. The van der Waals surface area contributed by atoms with Gasteiger partial charge in [0, 0.05) is 19.1 Å². The van der Waals surface area contributed by atoms with Crippen molar-refractivity contribution in [1.29, 1.82) is 0 Å². The van der Waals surface area contributed by atoms with Crippen molar-refractivity contribution < 1.29 is 9.53 Å².